The van der Waals surface area contributed by atoms with Crippen LogP contribution in [0, 0.1) is 0 Å². The molecule has 0 aromatic carbocycles. The highest BCUT2D eigenvalue weighted by Gasteiger charge is 2.31. The van der Waals surface area contributed by atoms with E-state index in [2.05, 4.69) is 40.2 Å². The predicted molar refractivity (Wildman–Crippen MR) is 86.1 cm³/mol. The summed E-state index contributed by atoms with van der Waals surface area (Å²) in [5, 5.41) is 3.42. The third kappa shape index (κ3) is 4.50. The summed E-state index contributed by atoms with van der Waals surface area (Å²) < 4.78 is 0. The highest BCUT2D eigenvalue weighted by Crippen LogP contribution is 2.27. The Hall–Kier alpha value is -0.970. The van der Waals surface area contributed by atoms with Crippen molar-refractivity contribution in [2.45, 2.75) is 45.3 Å². The van der Waals surface area contributed by atoms with Gasteiger partial charge >= 0.3 is 0 Å². The number of nitrogens with one attached hydrogen (secondary N) is 1. The van der Waals surface area contributed by atoms with E-state index in [1.165, 1.54) is 51.1 Å². The first kappa shape index (κ1) is 14.9. The van der Waals surface area contributed by atoms with Gasteiger partial charge in [0, 0.05) is 45.3 Å². The maximum absolute atomic E-state index is 4.79. The number of rotatable bonds is 7. The van der Waals surface area contributed by atoms with Crippen LogP contribution in [0.25, 0.3) is 0 Å². The summed E-state index contributed by atoms with van der Waals surface area (Å²) >= 11 is 0. The number of nitrogens with zero attached hydrogens (tertiary/aromatic N) is 3. The van der Waals surface area contributed by atoms with Crippen molar-refractivity contribution in [3.05, 3.63) is 29.6 Å². The van der Waals surface area contributed by atoms with E-state index >= 15 is 0 Å². The molecule has 1 aromatic heterocycles. The summed E-state index contributed by atoms with van der Waals surface area (Å²) in [6.45, 7) is 10.0. The van der Waals surface area contributed by atoms with E-state index in [0.717, 1.165) is 31.4 Å². The molecule has 4 heteroatoms. The standard InChI is InChI=1S/C17H28N4/c1-2-8-18-13-15-4-3-5-16(19-15)14-20-9-11-21(12-10-20)17-6-7-17/h3-5,17-18H,2,6-14H2,1H3. The molecule has 1 saturated carbocycles. The lowest BCUT2D eigenvalue weighted by Gasteiger charge is -2.34. The fourth-order valence-corrected chi connectivity index (χ4v) is 3.06. The molecule has 0 unspecified atom stereocenters. The first-order chi connectivity index (χ1) is 10.3. The molecule has 0 radical (unpaired) electrons. The minimum atomic E-state index is 0.886. The van der Waals surface area contributed by atoms with Gasteiger partial charge in [-0.25, -0.2) is 0 Å². The number of piperazine rings is 1. The van der Waals surface area contributed by atoms with Gasteiger partial charge in [0.2, 0.25) is 0 Å². The van der Waals surface area contributed by atoms with Crippen LogP contribution in [0.1, 0.15) is 37.6 Å². The van der Waals surface area contributed by atoms with E-state index in [0.29, 0.717) is 0 Å². The van der Waals surface area contributed by atoms with Crippen molar-refractivity contribution in [3.8, 4) is 0 Å². The smallest absolute Gasteiger partial charge is 0.0547 e. The lowest BCUT2D eigenvalue weighted by molar-refractivity contribution is 0.120. The highest BCUT2D eigenvalue weighted by atomic mass is 15.3. The number of hydrogen-bond donors (Lipinski definition) is 1. The summed E-state index contributed by atoms with van der Waals surface area (Å²) in [5.74, 6) is 0. The molecule has 2 heterocycles. The maximum atomic E-state index is 4.79. The topological polar surface area (TPSA) is 31.4 Å². The Morgan fingerprint density at radius 2 is 1.90 bits per heavy atom. The van der Waals surface area contributed by atoms with Crippen LogP contribution in [0.2, 0.25) is 0 Å². The molecule has 4 nitrogen and oxygen atoms in total. The van der Waals surface area contributed by atoms with Crippen LogP contribution in [0.4, 0.5) is 0 Å². The largest absolute Gasteiger partial charge is 0.311 e. The molecule has 0 spiro atoms. The van der Waals surface area contributed by atoms with Gasteiger partial charge in [-0.3, -0.25) is 14.8 Å². The molecule has 3 rings (SSSR count). The SMILES string of the molecule is CCCNCc1cccc(CN2CCN(C3CC3)CC2)n1. The van der Waals surface area contributed by atoms with Crippen molar-refractivity contribution in [2.75, 3.05) is 32.7 Å². The molecular formula is C17H28N4. The van der Waals surface area contributed by atoms with Crippen molar-refractivity contribution in [3.63, 3.8) is 0 Å². The van der Waals surface area contributed by atoms with Gasteiger partial charge in [-0.1, -0.05) is 13.0 Å². The van der Waals surface area contributed by atoms with Crippen molar-refractivity contribution in [1.82, 2.24) is 20.1 Å². The Morgan fingerprint density at radius 1 is 1.14 bits per heavy atom. The fraction of sp³-hybridized carbons (Fsp3) is 0.706. The highest BCUT2D eigenvalue weighted by molar-refractivity contribution is 5.11. The molecular weight excluding hydrogens is 260 g/mol. The average molecular weight is 288 g/mol. The van der Waals surface area contributed by atoms with Crippen molar-refractivity contribution in [1.29, 1.82) is 0 Å². The molecule has 1 saturated heterocycles. The van der Waals surface area contributed by atoms with E-state index < -0.39 is 0 Å². The lowest BCUT2D eigenvalue weighted by Crippen LogP contribution is -2.46. The lowest BCUT2D eigenvalue weighted by atomic mass is 10.2. The maximum Gasteiger partial charge on any atom is 0.0547 e. The summed E-state index contributed by atoms with van der Waals surface area (Å²) in [7, 11) is 0. The Morgan fingerprint density at radius 3 is 2.62 bits per heavy atom. The zero-order chi connectivity index (χ0) is 14.5. The quantitative estimate of drug-likeness (QED) is 0.776. The van der Waals surface area contributed by atoms with Crippen LogP contribution >= 0.6 is 0 Å². The Balaban J connectivity index is 1.47. The molecule has 21 heavy (non-hydrogen) atoms. The number of pyridine rings is 1. The summed E-state index contributed by atoms with van der Waals surface area (Å²) in [6.07, 6.45) is 4.02. The fourth-order valence-electron chi connectivity index (χ4n) is 3.06. The minimum Gasteiger partial charge on any atom is -0.311 e. The summed E-state index contributed by atoms with van der Waals surface area (Å²) in [5.41, 5.74) is 2.38. The van der Waals surface area contributed by atoms with Gasteiger partial charge in [0.1, 0.15) is 0 Å². The molecule has 1 aliphatic heterocycles. The second kappa shape index (κ2) is 7.34. The Kier molecular flexibility index (Phi) is 5.22. The first-order valence-electron chi connectivity index (χ1n) is 8.47. The molecule has 0 atom stereocenters. The van der Waals surface area contributed by atoms with E-state index in [-0.39, 0.29) is 0 Å². The van der Waals surface area contributed by atoms with Crippen LogP contribution in [-0.2, 0) is 13.1 Å². The number of hydrogen-bond acceptors (Lipinski definition) is 4. The third-order valence-electron chi connectivity index (χ3n) is 4.45. The van der Waals surface area contributed by atoms with E-state index in [4.69, 9.17) is 4.98 Å². The van der Waals surface area contributed by atoms with Gasteiger partial charge < -0.3 is 5.32 Å². The molecule has 1 aromatic rings. The van der Waals surface area contributed by atoms with Gasteiger partial charge in [0.25, 0.3) is 0 Å². The molecule has 0 amide bonds. The summed E-state index contributed by atoms with van der Waals surface area (Å²) in [6, 6.07) is 7.35. The second-order valence-corrected chi connectivity index (χ2v) is 6.34. The van der Waals surface area contributed by atoms with Crippen molar-refractivity contribution >= 4 is 0 Å². The van der Waals surface area contributed by atoms with Crippen LogP contribution in [0.5, 0.6) is 0 Å². The van der Waals surface area contributed by atoms with E-state index in [1.54, 1.807) is 0 Å². The van der Waals surface area contributed by atoms with Crippen molar-refractivity contribution < 1.29 is 0 Å². The zero-order valence-electron chi connectivity index (χ0n) is 13.2. The van der Waals surface area contributed by atoms with Crippen LogP contribution < -0.4 is 5.32 Å². The van der Waals surface area contributed by atoms with Gasteiger partial charge in [0.05, 0.1) is 11.4 Å². The number of aromatic nitrogens is 1. The predicted octanol–water partition coefficient (Wildman–Crippen LogP) is 1.86. The van der Waals surface area contributed by atoms with Crippen molar-refractivity contribution in [2.24, 2.45) is 0 Å². The second-order valence-electron chi connectivity index (χ2n) is 6.34. The molecule has 2 fully saturated rings. The average Bonchev–Trinajstić information content (AvgIpc) is 3.34. The van der Waals surface area contributed by atoms with E-state index in [9.17, 15) is 0 Å². The van der Waals surface area contributed by atoms with Gasteiger partial charge in [0.15, 0.2) is 0 Å². The Bertz CT molecular complexity index is 436. The normalized spacial score (nSPS) is 20.8. The monoisotopic (exact) mass is 288 g/mol. The van der Waals surface area contributed by atoms with Crippen LogP contribution in [0.15, 0.2) is 18.2 Å². The third-order valence-corrected chi connectivity index (χ3v) is 4.45. The van der Waals surface area contributed by atoms with E-state index in [1.807, 2.05) is 0 Å². The van der Waals surface area contributed by atoms with Gasteiger partial charge in [-0.2, -0.15) is 0 Å². The van der Waals surface area contributed by atoms with Crippen LogP contribution in [-0.4, -0.2) is 53.5 Å². The van der Waals surface area contributed by atoms with Gasteiger partial charge in [-0.15, -0.1) is 0 Å². The molecule has 1 N–H and O–H groups in total. The Labute approximate surface area is 128 Å². The zero-order valence-corrected chi connectivity index (χ0v) is 13.2. The molecule has 116 valence electrons. The molecule has 1 aliphatic carbocycles. The van der Waals surface area contributed by atoms with Gasteiger partial charge in [-0.05, 0) is 37.9 Å². The van der Waals surface area contributed by atoms with Crippen LogP contribution in [0.3, 0.4) is 0 Å². The molecule has 0 bridgehead atoms. The molecule has 2 aliphatic rings. The first-order valence-corrected chi connectivity index (χ1v) is 8.47. The minimum absolute atomic E-state index is 0.886. The summed E-state index contributed by atoms with van der Waals surface area (Å²) in [4.78, 5) is 10.00.